The highest BCUT2D eigenvalue weighted by Gasteiger charge is 2.22. The molecule has 2 N–H and O–H groups in total. The van der Waals surface area contributed by atoms with Crippen molar-refractivity contribution >= 4 is 39.8 Å². The fourth-order valence-corrected chi connectivity index (χ4v) is 4.12. The number of aryl methyl sites for hydroxylation is 1. The maximum Gasteiger partial charge on any atom is 0.341 e. The van der Waals surface area contributed by atoms with Gasteiger partial charge in [-0.3, -0.25) is 9.59 Å². The van der Waals surface area contributed by atoms with Gasteiger partial charge in [-0.1, -0.05) is 0 Å². The third-order valence-electron chi connectivity index (χ3n) is 4.95. The van der Waals surface area contributed by atoms with E-state index in [1.807, 2.05) is 13.8 Å². The molecular weight excluding hydrogens is 456 g/mol. The van der Waals surface area contributed by atoms with Gasteiger partial charge >= 0.3 is 5.97 Å². The summed E-state index contributed by atoms with van der Waals surface area (Å²) in [6.45, 7) is 5.41. The fraction of sp³-hybridized carbons (Fsp3) is 0.240. The van der Waals surface area contributed by atoms with Gasteiger partial charge in [-0.25, -0.2) is 4.79 Å². The number of anilines is 2. The van der Waals surface area contributed by atoms with E-state index in [0.717, 1.165) is 10.4 Å². The lowest BCUT2D eigenvalue weighted by Gasteiger charge is -2.09. The Labute approximate surface area is 201 Å². The van der Waals surface area contributed by atoms with Crippen molar-refractivity contribution in [1.82, 2.24) is 0 Å². The molecule has 0 atom stereocenters. The van der Waals surface area contributed by atoms with Crippen LogP contribution < -0.4 is 20.1 Å². The van der Waals surface area contributed by atoms with Crippen LogP contribution in [0.1, 0.15) is 38.1 Å². The lowest BCUT2D eigenvalue weighted by molar-refractivity contribution is -0.118. The normalized spacial score (nSPS) is 10.4. The predicted molar refractivity (Wildman–Crippen MR) is 131 cm³/mol. The van der Waals surface area contributed by atoms with Crippen LogP contribution >= 0.6 is 11.3 Å². The van der Waals surface area contributed by atoms with Crippen molar-refractivity contribution in [2.45, 2.75) is 20.8 Å². The van der Waals surface area contributed by atoms with Gasteiger partial charge in [0.2, 0.25) is 0 Å². The molecule has 178 valence electrons. The molecule has 0 fully saturated rings. The fourth-order valence-electron chi connectivity index (χ4n) is 3.06. The Morgan fingerprint density at radius 1 is 0.912 bits per heavy atom. The molecule has 0 spiro atoms. The van der Waals surface area contributed by atoms with E-state index in [9.17, 15) is 14.4 Å². The van der Waals surface area contributed by atoms with E-state index >= 15 is 0 Å². The zero-order valence-electron chi connectivity index (χ0n) is 19.4. The van der Waals surface area contributed by atoms with Gasteiger partial charge in [0.25, 0.3) is 11.8 Å². The Hall–Kier alpha value is -3.85. The average molecular weight is 483 g/mol. The summed E-state index contributed by atoms with van der Waals surface area (Å²) in [4.78, 5) is 38.0. The van der Waals surface area contributed by atoms with Crippen molar-refractivity contribution in [1.29, 1.82) is 0 Å². The molecule has 0 radical (unpaired) electrons. The first-order valence-electron chi connectivity index (χ1n) is 10.6. The van der Waals surface area contributed by atoms with Crippen LogP contribution in [0.25, 0.3) is 0 Å². The van der Waals surface area contributed by atoms with Crippen molar-refractivity contribution in [2.75, 3.05) is 31.0 Å². The number of esters is 1. The van der Waals surface area contributed by atoms with Crippen molar-refractivity contribution in [3.05, 3.63) is 70.1 Å². The summed E-state index contributed by atoms with van der Waals surface area (Å²) in [5.41, 5.74) is 2.23. The maximum absolute atomic E-state index is 12.4. The minimum absolute atomic E-state index is 0.248. The Bertz CT molecular complexity index is 1170. The van der Waals surface area contributed by atoms with E-state index in [0.29, 0.717) is 33.3 Å². The quantitative estimate of drug-likeness (QED) is 0.424. The van der Waals surface area contributed by atoms with Crippen LogP contribution in [0.3, 0.4) is 0 Å². The van der Waals surface area contributed by atoms with Crippen molar-refractivity contribution in [3.63, 3.8) is 0 Å². The number of carbonyl (C=O) groups is 3. The zero-order valence-corrected chi connectivity index (χ0v) is 20.2. The second kappa shape index (κ2) is 11.3. The summed E-state index contributed by atoms with van der Waals surface area (Å²) >= 11 is 1.31. The van der Waals surface area contributed by atoms with Crippen molar-refractivity contribution in [3.8, 4) is 11.5 Å². The highest BCUT2D eigenvalue weighted by molar-refractivity contribution is 7.16. The summed E-state index contributed by atoms with van der Waals surface area (Å²) in [6, 6.07) is 13.4. The lowest BCUT2D eigenvalue weighted by atomic mass is 10.1. The summed E-state index contributed by atoms with van der Waals surface area (Å²) in [5, 5.41) is 5.97. The topological polar surface area (TPSA) is 103 Å². The number of carbonyl (C=O) groups excluding carboxylic acids is 3. The molecule has 2 aromatic carbocycles. The van der Waals surface area contributed by atoms with Crippen LogP contribution in [0.4, 0.5) is 10.7 Å². The number of nitrogens with one attached hydrogen (secondary N) is 2. The van der Waals surface area contributed by atoms with Crippen LogP contribution in [0.2, 0.25) is 0 Å². The minimum Gasteiger partial charge on any atom is -0.497 e. The van der Waals surface area contributed by atoms with Crippen LogP contribution in [-0.2, 0) is 9.53 Å². The standard InChI is InChI=1S/C25H26N2O6S/c1-5-32-25(30)22-15(2)16(3)34-24(22)27-21(28)14-33-20-10-6-17(7-11-20)23(29)26-18-8-12-19(31-4)13-9-18/h6-13H,5,14H2,1-4H3,(H,26,29)(H,27,28). The Balaban J connectivity index is 1.56. The summed E-state index contributed by atoms with van der Waals surface area (Å²) in [6.07, 6.45) is 0. The second-order valence-electron chi connectivity index (χ2n) is 7.25. The molecule has 3 aromatic rings. The number of hydrogen-bond donors (Lipinski definition) is 2. The third-order valence-corrected chi connectivity index (χ3v) is 6.07. The smallest absolute Gasteiger partial charge is 0.341 e. The van der Waals surface area contributed by atoms with E-state index in [2.05, 4.69) is 10.6 Å². The molecule has 34 heavy (non-hydrogen) atoms. The molecule has 0 bridgehead atoms. The van der Waals surface area contributed by atoms with Crippen molar-refractivity contribution < 1.29 is 28.6 Å². The molecule has 1 heterocycles. The van der Waals surface area contributed by atoms with Crippen LogP contribution in [0.15, 0.2) is 48.5 Å². The number of amides is 2. The van der Waals surface area contributed by atoms with Crippen LogP contribution in [0, 0.1) is 13.8 Å². The Morgan fingerprint density at radius 2 is 1.56 bits per heavy atom. The van der Waals surface area contributed by atoms with Crippen LogP contribution in [0.5, 0.6) is 11.5 Å². The van der Waals surface area contributed by atoms with E-state index in [4.69, 9.17) is 14.2 Å². The SMILES string of the molecule is CCOC(=O)c1c(NC(=O)COc2ccc(C(=O)Nc3ccc(OC)cc3)cc2)sc(C)c1C. The average Bonchev–Trinajstić information content (AvgIpc) is 3.11. The van der Waals surface area contributed by atoms with Gasteiger partial charge < -0.3 is 24.8 Å². The Morgan fingerprint density at radius 3 is 2.18 bits per heavy atom. The largest absolute Gasteiger partial charge is 0.497 e. The number of thiophene rings is 1. The first kappa shape index (κ1) is 24.8. The van der Waals surface area contributed by atoms with Crippen LogP contribution in [-0.4, -0.2) is 38.1 Å². The zero-order chi connectivity index (χ0) is 24.7. The molecule has 0 aliphatic carbocycles. The summed E-state index contributed by atoms with van der Waals surface area (Å²) in [7, 11) is 1.58. The number of hydrogen-bond acceptors (Lipinski definition) is 7. The maximum atomic E-state index is 12.4. The van der Waals surface area contributed by atoms with Gasteiger partial charge in [0.05, 0.1) is 19.3 Å². The van der Waals surface area contributed by atoms with Gasteiger partial charge in [-0.15, -0.1) is 11.3 Å². The van der Waals surface area contributed by atoms with Gasteiger partial charge in [-0.2, -0.15) is 0 Å². The highest BCUT2D eigenvalue weighted by Crippen LogP contribution is 2.33. The molecular formula is C25H26N2O6S. The van der Waals surface area contributed by atoms with Gasteiger partial charge in [0.1, 0.15) is 16.5 Å². The molecule has 1 aromatic heterocycles. The lowest BCUT2D eigenvalue weighted by Crippen LogP contribution is -2.21. The van der Waals surface area contributed by atoms with Crippen molar-refractivity contribution in [2.24, 2.45) is 0 Å². The van der Waals surface area contributed by atoms with Gasteiger partial charge in [0, 0.05) is 16.1 Å². The molecule has 3 rings (SSSR count). The van der Waals surface area contributed by atoms with E-state index in [1.165, 1.54) is 11.3 Å². The molecule has 8 nitrogen and oxygen atoms in total. The number of methoxy groups -OCH3 is 1. The first-order chi connectivity index (χ1) is 16.3. The van der Waals surface area contributed by atoms with Gasteiger partial charge in [0.15, 0.2) is 6.61 Å². The van der Waals surface area contributed by atoms with Gasteiger partial charge in [-0.05, 0) is 74.9 Å². The molecule has 0 unspecified atom stereocenters. The second-order valence-corrected chi connectivity index (χ2v) is 8.48. The third kappa shape index (κ3) is 6.14. The molecule has 2 amide bonds. The molecule has 0 saturated carbocycles. The molecule has 0 aliphatic rings. The predicted octanol–water partition coefficient (Wildman–Crippen LogP) is 4.82. The molecule has 9 heteroatoms. The van der Waals surface area contributed by atoms with E-state index in [1.54, 1.807) is 62.6 Å². The number of ether oxygens (including phenoxy) is 3. The Kier molecular flexibility index (Phi) is 8.26. The first-order valence-corrected chi connectivity index (χ1v) is 11.4. The van der Waals surface area contributed by atoms with E-state index in [-0.39, 0.29) is 19.1 Å². The minimum atomic E-state index is -0.468. The molecule has 0 saturated heterocycles. The number of rotatable bonds is 9. The van der Waals surface area contributed by atoms with E-state index < -0.39 is 11.9 Å². The highest BCUT2D eigenvalue weighted by atomic mass is 32.1. The summed E-state index contributed by atoms with van der Waals surface area (Å²) in [5.74, 6) is -0.0214. The molecule has 0 aliphatic heterocycles. The summed E-state index contributed by atoms with van der Waals surface area (Å²) < 4.78 is 15.7. The monoisotopic (exact) mass is 482 g/mol. The number of benzene rings is 2.